The third-order valence-corrected chi connectivity index (χ3v) is 3.79. The summed E-state index contributed by atoms with van der Waals surface area (Å²) in [6.45, 7) is 0. The number of thioether (sulfide) groups is 1. The Hall–Kier alpha value is -1.79. The van der Waals surface area contributed by atoms with Gasteiger partial charge in [0.2, 0.25) is 0 Å². The molecule has 0 bridgehead atoms. The minimum Gasteiger partial charge on any atom is -0.497 e. The second-order valence-electron chi connectivity index (χ2n) is 3.84. The highest BCUT2D eigenvalue weighted by Gasteiger charge is 2.20. The fourth-order valence-corrected chi connectivity index (χ4v) is 2.63. The number of hydrogen-bond acceptors (Lipinski definition) is 5. The number of nitrogens with one attached hydrogen (secondary N) is 1. The molecule has 0 saturated carbocycles. The first-order valence-electron chi connectivity index (χ1n) is 5.77. The summed E-state index contributed by atoms with van der Waals surface area (Å²) in [5.74, 6) is 1.28. The Bertz CT molecular complexity index is 608. The normalized spacial score (nSPS) is 16.8. The molecule has 6 heteroatoms. The van der Waals surface area contributed by atoms with Gasteiger partial charge in [0.1, 0.15) is 15.8 Å². The Kier molecular flexibility index (Phi) is 4.81. The molecule has 104 valence electrons. The Morgan fingerprint density at radius 2 is 2.10 bits per heavy atom. The van der Waals surface area contributed by atoms with Crippen LogP contribution in [0.3, 0.4) is 0 Å². The maximum Gasteiger partial charge on any atom is 0.263 e. The molecular weight excluding hydrogens is 294 g/mol. The molecule has 1 aliphatic heterocycles. The van der Waals surface area contributed by atoms with Crippen LogP contribution in [-0.4, -0.2) is 24.4 Å². The van der Waals surface area contributed by atoms with Gasteiger partial charge in [-0.15, -0.1) is 0 Å². The topological polar surface area (TPSA) is 47.6 Å². The highest BCUT2D eigenvalue weighted by molar-refractivity contribution is 8.26. The molecule has 20 heavy (non-hydrogen) atoms. The average Bonchev–Trinajstić information content (AvgIpc) is 2.77. The van der Waals surface area contributed by atoms with E-state index in [1.54, 1.807) is 32.4 Å². The SMILES string of the molecule is COc1ccc(C=CC=C2SC(=S)NC2=O)c(OC)c1. The predicted octanol–water partition coefficient (Wildman–Crippen LogP) is 2.75. The molecule has 1 aromatic carbocycles. The Morgan fingerprint density at radius 1 is 1.30 bits per heavy atom. The van der Waals surface area contributed by atoms with Gasteiger partial charge in [0.05, 0.1) is 19.1 Å². The van der Waals surface area contributed by atoms with Crippen molar-refractivity contribution in [2.24, 2.45) is 0 Å². The maximum atomic E-state index is 11.5. The molecule has 1 saturated heterocycles. The van der Waals surface area contributed by atoms with Gasteiger partial charge in [-0.25, -0.2) is 0 Å². The zero-order valence-corrected chi connectivity index (χ0v) is 12.6. The van der Waals surface area contributed by atoms with Gasteiger partial charge in [-0.05, 0) is 18.2 Å². The van der Waals surface area contributed by atoms with E-state index in [1.807, 2.05) is 18.2 Å². The van der Waals surface area contributed by atoms with Crippen LogP contribution in [0.4, 0.5) is 0 Å². The molecule has 0 spiro atoms. The summed E-state index contributed by atoms with van der Waals surface area (Å²) in [6, 6.07) is 5.54. The molecular formula is C14H13NO3S2. The standard InChI is InChI=1S/C14H13NO3S2/c1-17-10-7-6-9(11(8-10)18-2)4-3-5-12-13(16)15-14(19)20-12/h3-8H,1-2H3,(H,15,16,19). The van der Waals surface area contributed by atoms with Crippen LogP contribution in [0.1, 0.15) is 5.56 Å². The number of benzene rings is 1. The number of carbonyl (C=O) groups is 1. The highest BCUT2D eigenvalue weighted by Crippen LogP contribution is 2.26. The van der Waals surface area contributed by atoms with Crippen molar-refractivity contribution in [3.63, 3.8) is 0 Å². The van der Waals surface area contributed by atoms with E-state index in [0.29, 0.717) is 15.0 Å². The lowest BCUT2D eigenvalue weighted by Crippen LogP contribution is -2.17. The lowest BCUT2D eigenvalue weighted by Gasteiger charge is -2.06. The summed E-state index contributed by atoms with van der Waals surface area (Å²) in [5.41, 5.74) is 0.899. The third-order valence-electron chi connectivity index (χ3n) is 2.61. The van der Waals surface area contributed by atoms with Crippen LogP contribution in [0.5, 0.6) is 11.5 Å². The van der Waals surface area contributed by atoms with Crippen LogP contribution < -0.4 is 14.8 Å². The zero-order chi connectivity index (χ0) is 14.5. The van der Waals surface area contributed by atoms with E-state index in [9.17, 15) is 4.79 Å². The number of carbonyl (C=O) groups excluding carboxylic acids is 1. The number of thiocarbonyl (C=S) groups is 1. The van der Waals surface area contributed by atoms with E-state index in [0.717, 1.165) is 11.3 Å². The van der Waals surface area contributed by atoms with E-state index < -0.39 is 0 Å². The van der Waals surface area contributed by atoms with Crippen LogP contribution in [0.25, 0.3) is 6.08 Å². The van der Waals surface area contributed by atoms with Crippen LogP contribution in [0.2, 0.25) is 0 Å². The molecule has 0 aliphatic carbocycles. The molecule has 1 aromatic rings. The molecule has 0 atom stereocenters. The molecule has 1 heterocycles. The molecule has 1 N–H and O–H groups in total. The molecule has 2 rings (SSSR count). The summed E-state index contributed by atoms with van der Waals surface area (Å²) >= 11 is 6.17. The fraction of sp³-hybridized carbons (Fsp3) is 0.143. The van der Waals surface area contributed by atoms with Gasteiger partial charge < -0.3 is 14.8 Å². The summed E-state index contributed by atoms with van der Waals surface area (Å²) in [5, 5.41) is 2.57. The van der Waals surface area contributed by atoms with Crippen molar-refractivity contribution in [1.82, 2.24) is 5.32 Å². The molecule has 1 amide bonds. The Labute approximate surface area is 126 Å². The number of allylic oxidation sites excluding steroid dienone is 2. The minimum atomic E-state index is -0.161. The number of amides is 1. The second-order valence-corrected chi connectivity index (χ2v) is 5.56. The van der Waals surface area contributed by atoms with E-state index in [1.165, 1.54) is 11.8 Å². The molecule has 0 unspecified atom stereocenters. The van der Waals surface area contributed by atoms with E-state index in [4.69, 9.17) is 21.7 Å². The van der Waals surface area contributed by atoms with Crippen LogP contribution in [-0.2, 0) is 4.79 Å². The number of methoxy groups -OCH3 is 2. The van der Waals surface area contributed by atoms with Crippen molar-refractivity contribution in [3.8, 4) is 11.5 Å². The first kappa shape index (κ1) is 14.6. The first-order chi connectivity index (χ1) is 9.63. The quantitative estimate of drug-likeness (QED) is 0.684. The van der Waals surface area contributed by atoms with Crippen LogP contribution in [0, 0.1) is 0 Å². The van der Waals surface area contributed by atoms with Gasteiger partial charge in [0.15, 0.2) is 0 Å². The van der Waals surface area contributed by atoms with Crippen molar-refractivity contribution < 1.29 is 14.3 Å². The van der Waals surface area contributed by atoms with E-state index in [2.05, 4.69) is 5.32 Å². The Balaban J connectivity index is 2.17. The van der Waals surface area contributed by atoms with Crippen molar-refractivity contribution in [3.05, 3.63) is 40.8 Å². The molecule has 1 aliphatic rings. The van der Waals surface area contributed by atoms with Crippen molar-refractivity contribution in [1.29, 1.82) is 0 Å². The minimum absolute atomic E-state index is 0.161. The summed E-state index contributed by atoms with van der Waals surface area (Å²) in [4.78, 5) is 12.1. The van der Waals surface area contributed by atoms with Crippen molar-refractivity contribution in [2.75, 3.05) is 14.2 Å². The maximum absolute atomic E-state index is 11.5. The van der Waals surface area contributed by atoms with Crippen LogP contribution in [0.15, 0.2) is 35.3 Å². The number of ether oxygens (including phenoxy) is 2. The lowest BCUT2D eigenvalue weighted by atomic mass is 10.1. The zero-order valence-electron chi connectivity index (χ0n) is 11.0. The third kappa shape index (κ3) is 3.40. The number of rotatable bonds is 4. The lowest BCUT2D eigenvalue weighted by molar-refractivity contribution is -0.115. The van der Waals surface area contributed by atoms with Gasteiger partial charge in [0, 0.05) is 11.6 Å². The first-order valence-corrected chi connectivity index (χ1v) is 7.00. The monoisotopic (exact) mass is 307 g/mol. The van der Waals surface area contributed by atoms with Crippen molar-refractivity contribution in [2.45, 2.75) is 0 Å². The van der Waals surface area contributed by atoms with E-state index in [-0.39, 0.29) is 5.91 Å². The smallest absolute Gasteiger partial charge is 0.263 e. The average molecular weight is 307 g/mol. The van der Waals surface area contributed by atoms with Gasteiger partial charge >= 0.3 is 0 Å². The summed E-state index contributed by atoms with van der Waals surface area (Å²) in [6.07, 6.45) is 5.38. The van der Waals surface area contributed by atoms with Gasteiger partial charge in [-0.1, -0.05) is 36.1 Å². The highest BCUT2D eigenvalue weighted by atomic mass is 32.2. The molecule has 0 aromatic heterocycles. The van der Waals surface area contributed by atoms with E-state index >= 15 is 0 Å². The second kappa shape index (κ2) is 6.58. The number of hydrogen-bond donors (Lipinski definition) is 1. The Morgan fingerprint density at radius 3 is 2.70 bits per heavy atom. The molecule has 1 fully saturated rings. The van der Waals surface area contributed by atoms with Gasteiger partial charge in [-0.2, -0.15) is 0 Å². The molecule has 4 nitrogen and oxygen atoms in total. The summed E-state index contributed by atoms with van der Waals surface area (Å²) < 4.78 is 10.9. The van der Waals surface area contributed by atoms with Gasteiger partial charge in [0.25, 0.3) is 5.91 Å². The van der Waals surface area contributed by atoms with Crippen molar-refractivity contribution >= 4 is 40.3 Å². The van der Waals surface area contributed by atoms with Gasteiger partial charge in [-0.3, -0.25) is 4.79 Å². The predicted molar refractivity (Wildman–Crippen MR) is 85.0 cm³/mol. The largest absolute Gasteiger partial charge is 0.497 e. The summed E-state index contributed by atoms with van der Waals surface area (Å²) in [7, 11) is 3.21. The van der Waals surface area contributed by atoms with Crippen LogP contribution >= 0.6 is 24.0 Å². The fourth-order valence-electron chi connectivity index (χ4n) is 1.63. The molecule has 0 radical (unpaired) electrons.